The zero-order chi connectivity index (χ0) is 16.7. The van der Waals surface area contributed by atoms with Crippen LogP contribution < -0.4 is 0 Å². The number of rotatable bonds is 6. The number of hydrogen-bond donors (Lipinski definition) is 1. The van der Waals surface area contributed by atoms with Crippen molar-refractivity contribution >= 4 is 17.7 Å². The number of aliphatic hydroxyl groups excluding tert-OH is 1. The van der Waals surface area contributed by atoms with Gasteiger partial charge in [-0.3, -0.25) is 9.69 Å². The van der Waals surface area contributed by atoms with Gasteiger partial charge >= 0.3 is 0 Å². The first-order chi connectivity index (χ1) is 11.1. The molecule has 1 aliphatic rings. The molecule has 0 saturated carbocycles. The largest absolute Gasteiger partial charge is 0.395 e. The van der Waals surface area contributed by atoms with Crippen LogP contribution in [0, 0.1) is 0 Å². The van der Waals surface area contributed by atoms with Crippen molar-refractivity contribution < 1.29 is 9.90 Å². The van der Waals surface area contributed by atoms with Crippen molar-refractivity contribution in [3.05, 3.63) is 41.5 Å². The second-order valence-electron chi connectivity index (χ2n) is 5.95. The lowest BCUT2D eigenvalue weighted by Crippen LogP contribution is -2.49. The third-order valence-corrected chi connectivity index (χ3v) is 4.92. The van der Waals surface area contributed by atoms with Gasteiger partial charge in [-0.25, -0.2) is 0 Å². The summed E-state index contributed by atoms with van der Waals surface area (Å²) in [6.45, 7) is 8.16. The van der Waals surface area contributed by atoms with E-state index in [2.05, 4.69) is 24.8 Å². The van der Waals surface area contributed by atoms with Gasteiger partial charge in [0.1, 0.15) is 0 Å². The minimum Gasteiger partial charge on any atom is -0.395 e. The lowest BCUT2D eigenvalue weighted by molar-refractivity contribution is 0.0611. The molecule has 1 heterocycles. The van der Waals surface area contributed by atoms with Gasteiger partial charge in [-0.1, -0.05) is 23.8 Å². The van der Waals surface area contributed by atoms with Gasteiger partial charge in [-0.05, 0) is 26.0 Å². The molecule has 5 heteroatoms. The molecule has 0 spiro atoms. The third kappa shape index (κ3) is 5.37. The topological polar surface area (TPSA) is 43.8 Å². The quantitative estimate of drug-likeness (QED) is 0.641. The van der Waals surface area contributed by atoms with Crippen molar-refractivity contribution in [3.63, 3.8) is 0 Å². The standard InChI is InChI=1S/C18H26N2O2S/c1-15(2)7-14-23-17-6-4-3-5-16(17)18(22)20-10-8-19(9-11-20)12-13-21/h3-7,21H,8-14H2,1-2H3. The Bertz CT molecular complexity index is 548. The van der Waals surface area contributed by atoms with E-state index >= 15 is 0 Å². The van der Waals surface area contributed by atoms with Crippen LogP contribution >= 0.6 is 11.8 Å². The lowest BCUT2D eigenvalue weighted by Gasteiger charge is -2.34. The van der Waals surface area contributed by atoms with E-state index in [0.29, 0.717) is 6.54 Å². The fourth-order valence-electron chi connectivity index (χ4n) is 2.55. The number of hydrogen-bond acceptors (Lipinski definition) is 4. The van der Waals surface area contributed by atoms with Crippen LogP contribution in [-0.2, 0) is 0 Å². The normalized spacial score (nSPS) is 15.5. The van der Waals surface area contributed by atoms with Crippen molar-refractivity contribution in [1.82, 2.24) is 9.80 Å². The summed E-state index contributed by atoms with van der Waals surface area (Å²) in [5.41, 5.74) is 2.09. The van der Waals surface area contributed by atoms with E-state index in [9.17, 15) is 4.79 Å². The SMILES string of the molecule is CC(C)=CCSc1ccccc1C(=O)N1CCN(CCO)CC1. The molecule has 1 fully saturated rings. The molecular formula is C18H26N2O2S. The van der Waals surface area contributed by atoms with Gasteiger partial charge in [0.05, 0.1) is 12.2 Å². The summed E-state index contributed by atoms with van der Waals surface area (Å²) in [6.07, 6.45) is 2.18. The molecule has 4 nitrogen and oxygen atoms in total. The van der Waals surface area contributed by atoms with E-state index in [0.717, 1.165) is 42.4 Å². The Labute approximate surface area is 143 Å². The number of carbonyl (C=O) groups excluding carboxylic acids is 1. The number of carbonyl (C=O) groups is 1. The van der Waals surface area contributed by atoms with Crippen LogP contribution in [0.15, 0.2) is 40.8 Å². The maximum Gasteiger partial charge on any atom is 0.255 e. The first-order valence-electron chi connectivity index (χ1n) is 8.09. The molecular weight excluding hydrogens is 308 g/mol. The molecule has 23 heavy (non-hydrogen) atoms. The Morgan fingerprint density at radius 1 is 1.22 bits per heavy atom. The first-order valence-corrected chi connectivity index (χ1v) is 9.08. The first kappa shape index (κ1) is 18.0. The summed E-state index contributed by atoms with van der Waals surface area (Å²) in [5.74, 6) is 1.01. The molecule has 126 valence electrons. The molecule has 1 aromatic carbocycles. The number of nitrogens with zero attached hydrogens (tertiary/aromatic N) is 2. The zero-order valence-corrected chi connectivity index (χ0v) is 14.8. The molecule has 0 radical (unpaired) electrons. The Hall–Kier alpha value is -1.30. The van der Waals surface area contributed by atoms with Crippen LogP contribution in [0.5, 0.6) is 0 Å². The molecule has 1 aliphatic heterocycles. The fourth-order valence-corrected chi connectivity index (χ4v) is 3.64. The highest BCUT2D eigenvalue weighted by Gasteiger charge is 2.23. The minimum atomic E-state index is 0.119. The van der Waals surface area contributed by atoms with Crippen molar-refractivity contribution in [3.8, 4) is 0 Å². The molecule has 0 aromatic heterocycles. The van der Waals surface area contributed by atoms with E-state index in [1.54, 1.807) is 11.8 Å². The number of β-amino-alcohol motifs (C(OH)–C–C–N with tert-alkyl or cyclic N) is 1. The van der Waals surface area contributed by atoms with E-state index in [4.69, 9.17) is 5.11 Å². The highest BCUT2D eigenvalue weighted by molar-refractivity contribution is 7.99. The summed E-state index contributed by atoms with van der Waals surface area (Å²) in [6, 6.07) is 7.87. The second-order valence-corrected chi connectivity index (χ2v) is 7.01. The van der Waals surface area contributed by atoms with E-state index in [1.165, 1.54) is 5.57 Å². The molecule has 2 rings (SSSR count). The average molecular weight is 334 g/mol. The molecule has 0 bridgehead atoms. The Kier molecular flexibility index (Phi) is 7.15. The van der Waals surface area contributed by atoms with E-state index < -0.39 is 0 Å². The Morgan fingerprint density at radius 2 is 1.91 bits per heavy atom. The van der Waals surface area contributed by atoms with Crippen molar-refractivity contribution in [1.29, 1.82) is 0 Å². The second kappa shape index (κ2) is 9.11. The molecule has 0 aliphatic carbocycles. The minimum absolute atomic E-state index is 0.119. The summed E-state index contributed by atoms with van der Waals surface area (Å²) < 4.78 is 0. The fraction of sp³-hybridized carbons (Fsp3) is 0.500. The summed E-state index contributed by atoms with van der Waals surface area (Å²) in [5, 5.41) is 9.00. The molecule has 1 aromatic rings. The highest BCUT2D eigenvalue weighted by atomic mass is 32.2. The van der Waals surface area contributed by atoms with Crippen LogP contribution in [0.25, 0.3) is 0 Å². The van der Waals surface area contributed by atoms with Gasteiger partial charge in [-0.2, -0.15) is 0 Å². The molecule has 0 unspecified atom stereocenters. The smallest absolute Gasteiger partial charge is 0.255 e. The Balaban J connectivity index is 2.01. The molecule has 1 saturated heterocycles. The number of piperazine rings is 1. The van der Waals surface area contributed by atoms with Crippen LogP contribution in [0.2, 0.25) is 0 Å². The average Bonchev–Trinajstić information content (AvgIpc) is 2.55. The number of amides is 1. The van der Waals surface area contributed by atoms with Gasteiger partial charge < -0.3 is 10.0 Å². The zero-order valence-electron chi connectivity index (χ0n) is 14.0. The van der Waals surface area contributed by atoms with Gasteiger partial charge in [-0.15, -0.1) is 11.8 Å². The molecule has 0 atom stereocenters. The number of thioether (sulfide) groups is 1. The maximum absolute atomic E-state index is 12.8. The van der Waals surface area contributed by atoms with Crippen molar-refractivity contribution in [2.75, 3.05) is 45.1 Å². The monoisotopic (exact) mass is 334 g/mol. The van der Waals surface area contributed by atoms with Gasteiger partial charge in [0, 0.05) is 43.4 Å². The Morgan fingerprint density at radius 3 is 2.57 bits per heavy atom. The third-order valence-electron chi connectivity index (χ3n) is 3.92. The summed E-state index contributed by atoms with van der Waals surface area (Å²) >= 11 is 1.71. The summed E-state index contributed by atoms with van der Waals surface area (Å²) in [4.78, 5) is 18.0. The van der Waals surface area contributed by atoms with Crippen LogP contribution in [0.1, 0.15) is 24.2 Å². The maximum atomic E-state index is 12.8. The number of allylic oxidation sites excluding steroid dienone is 1. The number of benzene rings is 1. The van der Waals surface area contributed by atoms with Gasteiger partial charge in [0.2, 0.25) is 0 Å². The van der Waals surface area contributed by atoms with Crippen LogP contribution in [0.4, 0.5) is 0 Å². The predicted molar refractivity (Wildman–Crippen MR) is 96.0 cm³/mol. The van der Waals surface area contributed by atoms with Crippen molar-refractivity contribution in [2.24, 2.45) is 0 Å². The lowest BCUT2D eigenvalue weighted by atomic mass is 10.2. The van der Waals surface area contributed by atoms with Crippen LogP contribution in [-0.4, -0.2) is 65.9 Å². The van der Waals surface area contributed by atoms with Gasteiger partial charge in [0.15, 0.2) is 0 Å². The van der Waals surface area contributed by atoms with E-state index in [1.807, 2.05) is 29.2 Å². The van der Waals surface area contributed by atoms with Crippen LogP contribution in [0.3, 0.4) is 0 Å². The van der Waals surface area contributed by atoms with E-state index in [-0.39, 0.29) is 12.5 Å². The predicted octanol–water partition coefficient (Wildman–Crippen LogP) is 2.50. The number of aliphatic hydroxyl groups is 1. The van der Waals surface area contributed by atoms with Gasteiger partial charge in [0.25, 0.3) is 5.91 Å². The molecule has 1 amide bonds. The molecule has 1 N–H and O–H groups in total. The highest BCUT2D eigenvalue weighted by Crippen LogP contribution is 2.24. The summed E-state index contributed by atoms with van der Waals surface area (Å²) in [7, 11) is 0. The van der Waals surface area contributed by atoms with Crippen molar-refractivity contribution in [2.45, 2.75) is 18.7 Å².